The fourth-order valence-electron chi connectivity index (χ4n) is 2.81. The molecule has 0 heterocycles. The van der Waals surface area contributed by atoms with Gasteiger partial charge >= 0.3 is 11.9 Å². The van der Waals surface area contributed by atoms with Gasteiger partial charge in [0.1, 0.15) is 0 Å². The van der Waals surface area contributed by atoms with E-state index in [4.69, 9.17) is 14.2 Å². The Kier molecular flexibility index (Phi) is 8.55. The third kappa shape index (κ3) is 7.10. The van der Waals surface area contributed by atoms with Gasteiger partial charge in [-0.2, -0.15) is 0 Å². The van der Waals surface area contributed by atoms with Gasteiger partial charge in [-0.05, 0) is 49.1 Å². The molecule has 2 rings (SSSR count). The summed E-state index contributed by atoms with van der Waals surface area (Å²) in [4.78, 5) is 23.5. The molecule has 0 atom stereocenters. The summed E-state index contributed by atoms with van der Waals surface area (Å²) in [5, 5.41) is 0. The molecule has 31 heavy (non-hydrogen) atoms. The molecule has 5 nitrogen and oxygen atoms in total. The van der Waals surface area contributed by atoms with E-state index in [-0.39, 0.29) is 24.9 Å². The topological polar surface area (TPSA) is 61.8 Å². The minimum absolute atomic E-state index is 0.0839. The Hall–Kier alpha value is -3.41. The predicted molar refractivity (Wildman–Crippen MR) is 117 cm³/mol. The second-order valence-electron chi connectivity index (χ2n) is 7.37. The highest BCUT2D eigenvalue weighted by Crippen LogP contribution is 2.26. The molecule has 0 radical (unpaired) electrons. The van der Waals surface area contributed by atoms with E-state index in [2.05, 4.69) is 13.2 Å². The molecule has 0 aliphatic heterocycles. The molecule has 0 spiro atoms. The lowest BCUT2D eigenvalue weighted by atomic mass is 9.97. The molecule has 0 aromatic heterocycles. The van der Waals surface area contributed by atoms with Crippen LogP contribution >= 0.6 is 0 Å². The highest BCUT2D eigenvalue weighted by Gasteiger charge is 2.17. The van der Waals surface area contributed by atoms with E-state index < -0.39 is 17.8 Å². The van der Waals surface area contributed by atoms with Crippen LogP contribution in [0.5, 0.6) is 5.75 Å². The minimum atomic E-state index is -0.492. The number of benzene rings is 2. The summed E-state index contributed by atoms with van der Waals surface area (Å²) in [7, 11) is 1.42. The fourth-order valence-corrected chi connectivity index (χ4v) is 2.81. The number of rotatable bonds is 10. The van der Waals surface area contributed by atoms with Crippen LogP contribution < -0.4 is 4.74 Å². The monoisotopic (exact) mass is 426 g/mol. The molecule has 0 bridgehead atoms. The van der Waals surface area contributed by atoms with E-state index in [1.165, 1.54) is 13.2 Å². The van der Waals surface area contributed by atoms with Crippen LogP contribution in [0.4, 0.5) is 4.39 Å². The SMILES string of the molecule is C=C(C)C(=O)OCC(COC(=O)C(=C)C)Cc1ccc(-c2ccc(OC)c(F)c2)cc1. The first-order valence-electron chi connectivity index (χ1n) is 9.79. The molecule has 0 N–H and O–H groups in total. The van der Waals surface area contributed by atoms with E-state index in [1.807, 2.05) is 24.3 Å². The van der Waals surface area contributed by atoms with Crippen molar-refractivity contribution >= 4 is 11.9 Å². The maximum absolute atomic E-state index is 14.0. The van der Waals surface area contributed by atoms with Crippen LogP contribution in [0, 0.1) is 11.7 Å². The van der Waals surface area contributed by atoms with Gasteiger partial charge in [0.2, 0.25) is 0 Å². The average Bonchev–Trinajstić information content (AvgIpc) is 2.75. The van der Waals surface area contributed by atoms with Gasteiger partial charge < -0.3 is 14.2 Å². The first-order chi connectivity index (χ1) is 14.7. The largest absolute Gasteiger partial charge is 0.494 e. The zero-order chi connectivity index (χ0) is 23.0. The number of halogens is 1. The predicted octanol–water partition coefficient (Wildman–Crippen LogP) is 4.90. The number of carbonyl (C=O) groups excluding carboxylic acids is 2. The molecule has 6 heteroatoms. The third-order valence-electron chi connectivity index (χ3n) is 4.56. The lowest BCUT2D eigenvalue weighted by Crippen LogP contribution is -2.23. The normalized spacial score (nSPS) is 10.5. The van der Waals surface area contributed by atoms with Crippen molar-refractivity contribution in [3.63, 3.8) is 0 Å². The maximum Gasteiger partial charge on any atom is 0.333 e. The number of carbonyl (C=O) groups is 2. The highest BCUT2D eigenvalue weighted by molar-refractivity contribution is 5.87. The molecule has 0 saturated carbocycles. The van der Waals surface area contributed by atoms with Gasteiger partial charge in [-0.25, -0.2) is 14.0 Å². The molecular weight excluding hydrogens is 399 g/mol. The molecule has 164 valence electrons. The summed E-state index contributed by atoms with van der Waals surface area (Å²) in [5.74, 6) is -1.46. The van der Waals surface area contributed by atoms with Crippen molar-refractivity contribution in [1.29, 1.82) is 0 Å². The first-order valence-corrected chi connectivity index (χ1v) is 9.79. The lowest BCUT2D eigenvalue weighted by molar-refractivity contribution is -0.144. The zero-order valence-corrected chi connectivity index (χ0v) is 18.1. The van der Waals surface area contributed by atoms with Gasteiger partial charge in [-0.15, -0.1) is 0 Å². The van der Waals surface area contributed by atoms with Crippen molar-refractivity contribution in [2.45, 2.75) is 20.3 Å². The van der Waals surface area contributed by atoms with Gasteiger partial charge in [0.25, 0.3) is 0 Å². The van der Waals surface area contributed by atoms with Crippen LogP contribution in [0.1, 0.15) is 19.4 Å². The minimum Gasteiger partial charge on any atom is -0.494 e. The van der Waals surface area contributed by atoms with Gasteiger partial charge in [0.05, 0.1) is 20.3 Å². The first kappa shape index (κ1) is 23.9. The van der Waals surface area contributed by atoms with Crippen LogP contribution in [0.2, 0.25) is 0 Å². The molecule has 0 aliphatic carbocycles. The molecular formula is C25H27FO5. The fraction of sp³-hybridized carbons (Fsp3) is 0.280. The molecule has 0 fully saturated rings. The summed E-state index contributed by atoms with van der Waals surface area (Å²) in [6.45, 7) is 10.4. The molecule has 0 aliphatic rings. The van der Waals surface area contributed by atoms with Gasteiger partial charge in [-0.3, -0.25) is 0 Å². The number of methoxy groups -OCH3 is 1. The van der Waals surface area contributed by atoms with E-state index in [0.29, 0.717) is 17.6 Å². The number of hydrogen-bond acceptors (Lipinski definition) is 5. The molecule has 2 aromatic carbocycles. The van der Waals surface area contributed by atoms with Gasteiger partial charge in [-0.1, -0.05) is 43.5 Å². The van der Waals surface area contributed by atoms with Crippen LogP contribution in [-0.4, -0.2) is 32.3 Å². The molecule has 2 aromatic rings. The Labute approximate surface area is 182 Å². The Morgan fingerprint density at radius 3 is 1.87 bits per heavy atom. The summed E-state index contributed by atoms with van der Waals surface area (Å²) in [5.41, 5.74) is 3.14. The van der Waals surface area contributed by atoms with E-state index in [1.54, 1.807) is 26.0 Å². The van der Waals surface area contributed by atoms with Crippen LogP contribution in [0.15, 0.2) is 66.8 Å². The quantitative estimate of drug-likeness (QED) is 0.400. The summed E-state index contributed by atoms with van der Waals surface area (Å²) in [6.07, 6.45) is 0.518. The zero-order valence-electron chi connectivity index (χ0n) is 18.1. The van der Waals surface area contributed by atoms with Crippen molar-refractivity contribution in [3.05, 3.63) is 78.1 Å². The van der Waals surface area contributed by atoms with Crippen LogP contribution in [0.25, 0.3) is 11.1 Å². The van der Waals surface area contributed by atoms with Crippen molar-refractivity contribution < 1.29 is 28.2 Å². The third-order valence-corrected chi connectivity index (χ3v) is 4.56. The Bertz CT molecular complexity index is 932. The second-order valence-corrected chi connectivity index (χ2v) is 7.37. The standard InChI is InChI=1S/C25H27FO5/c1-16(2)24(27)30-14-19(15-31-25(28)17(3)4)12-18-6-8-20(9-7-18)21-10-11-23(29-5)22(26)13-21/h6-11,13,19H,1,3,12,14-15H2,2,4-5H3. The molecule has 0 unspecified atom stereocenters. The summed E-state index contributed by atoms with van der Waals surface area (Å²) >= 11 is 0. The molecule has 0 saturated heterocycles. The van der Waals surface area contributed by atoms with Crippen LogP contribution in [-0.2, 0) is 25.5 Å². The highest BCUT2D eigenvalue weighted by atomic mass is 19.1. The number of hydrogen-bond donors (Lipinski definition) is 0. The Balaban J connectivity index is 2.10. The lowest BCUT2D eigenvalue weighted by Gasteiger charge is -2.18. The smallest absolute Gasteiger partial charge is 0.333 e. The molecule has 0 amide bonds. The van der Waals surface area contributed by atoms with Crippen molar-refractivity contribution in [1.82, 2.24) is 0 Å². The summed E-state index contributed by atoms with van der Waals surface area (Å²) < 4.78 is 29.4. The van der Waals surface area contributed by atoms with E-state index in [9.17, 15) is 14.0 Å². The van der Waals surface area contributed by atoms with E-state index >= 15 is 0 Å². The average molecular weight is 426 g/mol. The van der Waals surface area contributed by atoms with Gasteiger partial charge in [0.15, 0.2) is 11.6 Å². The number of ether oxygens (including phenoxy) is 3. The van der Waals surface area contributed by atoms with Crippen molar-refractivity contribution in [3.8, 4) is 16.9 Å². The number of esters is 2. The Morgan fingerprint density at radius 2 is 1.42 bits per heavy atom. The van der Waals surface area contributed by atoms with Gasteiger partial charge in [0, 0.05) is 17.1 Å². The van der Waals surface area contributed by atoms with Crippen molar-refractivity contribution in [2.75, 3.05) is 20.3 Å². The van der Waals surface area contributed by atoms with E-state index in [0.717, 1.165) is 16.7 Å². The Morgan fingerprint density at radius 1 is 0.903 bits per heavy atom. The second kappa shape index (κ2) is 11.1. The summed E-state index contributed by atoms with van der Waals surface area (Å²) in [6, 6.07) is 12.4. The van der Waals surface area contributed by atoms with Crippen LogP contribution in [0.3, 0.4) is 0 Å². The van der Waals surface area contributed by atoms with Crippen molar-refractivity contribution in [2.24, 2.45) is 5.92 Å². The maximum atomic E-state index is 14.0.